The third-order valence-corrected chi connectivity index (χ3v) is 3.40. The molecule has 17 heavy (non-hydrogen) atoms. The first-order chi connectivity index (χ1) is 8.13. The molecule has 4 nitrogen and oxygen atoms in total. The van der Waals surface area contributed by atoms with Crippen LogP contribution in [0.1, 0.15) is 23.2 Å². The van der Waals surface area contributed by atoms with Crippen LogP contribution in [-0.4, -0.2) is 17.6 Å². The summed E-state index contributed by atoms with van der Waals surface area (Å²) in [6.45, 7) is 3.73. The van der Waals surface area contributed by atoms with Gasteiger partial charge in [-0.1, -0.05) is 11.6 Å². The van der Waals surface area contributed by atoms with Gasteiger partial charge < -0.3 is 9.15 Å². The maximum atomic E-state index is 11.5. The number of esters is 1. The monoisotopic (exact) mass is 271 g/mol. The molecule has 0 N–H and O–H groups in total. The van der Waals surface area contributed by atoms with E-state index < -0.39 is 5.97 Å². The van der Waals surface area contributed by atoms with Crippen LogP contribution in [0.25, 0.3) is 10.8 Å². The Morgan fingerprint density at radius 3 is 3.00 bits per heavy atom. The molecule has 0 unspecified atom stereocenters. The summed E-state index contributed by atoms with van der Waals surface area (Å²) >= 11 is 7.38. The van der Waals surface area contributed by atoms with Crippen LogP contribution in [0, 0.1) is 6.92 Å². The van der Waals surface area contributed by atoms with Gasteiger partial charge in [-0.2, -0.15) is 0 Å². The number of hydrogen-bond donors (Lipinski definition) is 0. The van der Waals surface area contributed by atoms with Gasteiger partial charge in [-0.15, -0.1) is 11.3 Å². The molecule has 0 aliphatic rings. The third kappa shape index (κ3) is 2.35. The van der Waals surface area contributed by atoms with Gasteiger partial charge in [-0.3, -0.25) is 0 Å². The minimum Gasteiger partial charge on any atom is -0.460 e. The summed E-state index contributed by atoms with van der Waals surface area (Å²) in [7, 11) is 0. The van der Waals surface area contributed by atoms with Crippen molar-refractivity contribution in [2.45, 2.75) is 13.8 Å². The van der Waals surface area contributed by atoms with Crippen molar-refractivity contribution in [2.75, 3.05) is 6.61 Å². The summed E-state index contributed by atoms with van der Waals surface area (Å²) in [5.41, 5.74) is 0.503. The fourth-order valence-corrected chi connectivity index (χ4v) is 2.39. The molecule has 0 atom stereocenters. The maximum Gasteiger partial charge on any atom is 0.376 e. The highest BCUT2D eigenvalue weighted by Crippen LogP contribution is 2.33. The van der Waals surface area contributed by atoms with E-state index in [-0.39, 0.29) is 5.76 Å². The second kappa shape index (κ2) is 4.89. The minimum atomic E-state index is -0.503. The van der Waals surface area contributed by atoms with E-state index in [4.69, 9.17) is 20.8 Å². The molecule has 2 aromatic rings. The van der Waals surface area contributed by atoms with Crippen LogP contribution in [0.5, 0.6) is 0 Å². The van der Waals surface area contributed by atoms with E-state index in [1.807, 2.05) is 5.38 Å². The standard InChI is InChI=1S/C11H10ClNO3S/c1-3-15-11(14)8-6(2)13-10(16-8)9-7(12)4-5-17-9/h4-5H,3H2,1-2H3. The Kier molecular flexibility index (Phi) is 3.49. The lowest BCUT2D eigenvalue weighted by atomic mass is 10.4. The molecular weight excluding hydrogens is 262 g/mol. The van der Waals surface area contributed by atoms with E-state index in [0.29, 0.717) is 28.1 Å². The van der Waals surface area contributed by atoms with Gasteiger partial charge in [-0.25, -0.2) is 9.78 Å². The molecule has 0 spiro atoms. The summed E-state index contributed by atoms with van der Waals surface area (Å²) in [5, 5.41) is 2.40. The zero-order valence-corrected chi connectivity index (χ0v) is 10.9. The molecule has 2 aromatic heterocycles. The van der Waals surface area contributed by atoms with Crippen molar-refractivity contribution in [3.05, 3.63) is 27.9 Å². The average Bonchev–Trinajstić information content (AvgIpc) is 2.84. The molecule has 0 amide bonds. The number of nitrogens with zero attached hydrogens (tertiary/aromatic N) is 1. The van der Waals surface area contributed by atoms with E-state index in [1.165, 1.54) is 11.3 Å². The zero-order valence-electron chi connectivity index (χ0n) is 9.32. The SMILES string of the molecule is CCOC(=O)c1oc(-c2sccc2Cl)nc1C. The molecular formula is C11H10ClNO3S. The topological polar surface area (TPSA) is 52.3 Å². The number of rotatable bonds is 3. The van der Waals surface area contributed by atoms with Crippen molar-refractivity contribution in [1.82, 2.24) is 4.98 Å². The molecule has 0 saturated carbocycles. The third-order valence-electron chi connectivity index (χ3n) is 2.07. The van der Waals surface area contributed by atoms with Crippen LogP contribution in [-0.2, 0) is 4.74 Å². The molecule has 0 aliphatic carbocycles. The van der Waals surface area contributed by atoms with Crippen molar-refractivity contribution in [3.8, 4) is 10.8 Å². The molecule has 0 saturated heterocycles. The largest absolute Gasteiger partial charge is 0.460 e. The summed E-state index contributed by atoms with van der Waals surface area (Å²) in [5.74, 6) is -0.0201. The van der Waals surface area contributed by atoms with Gasteiger partial charge in [0.05, 0.1) is 17.3 Å². The predicted molar refractivity (Wildman–Crippen MR) is 65.5 cm³/mol. The predicted octanol–water partition coefficient (Wildman–Crippen LogP) is 3.54. The quantitative estimate of drug-likeness (QED) is 0.801. The highest BCUT2D eigenvalue weighted by molar-refractivity contribution is 7.14. The number of aryl methyl sites for hydroxylation is 1. The average molecular weight is 272 g/mol. The van der Waals surface area contributed by atoms with Gasteiger partial charge in [0.25, 0.3) is 0 Å². The highest BCUT2D eigenvalue weighted by Gasteiger charge is 2.20. The van der Waals surface area contributed by atoms with Crippen LogP contribution in [0.15, 0.2) is 15.9 Å². The van der Waals surface area contributed by atoms with Crippen molar-refractivity contribution in [1.29, 1.82) is 0 Å². The van der Waals surface area contributed by atoms with E-state index in [0.717, 1.165) is 0 Å². The van der Waals surface area contributed by atoms with Gasteiger partial charge in [0, 0.05) is 0 Å². The van der Waals surface area contributed by atoms with Crippen LogP contribution >= 0.6 is 22.9 Å². The molecule has 0 aromatic carbocycles. The van der Waals surface area contributed by atoms with Crippen molar-refractivity contribution in [2.24, 2.45) is 0 Å². The number of oxazole rings is 1. The maximum absolute atomic E-state index is 11.5. The highest BCUT2D eigenvalue weighted by atomic mass is 35.5. The number of halogens is 1. The fourth-order valence-electron chi connectivity index (χ4n) is 1.33. The van der Waals surface area contributed by atoms with Crippen LogP contribution < -0.4 is 0 Å². The van der Waals surface area contributed by atoms with Crippen molar-refractivity contribution < 1.29 is 13.9 Å². The number of thiophene rings is 1. The molecule has 0 fully saturated rings. The number of ether oxygens (including phenoxy) is 1. The van der Waals surface area contributed by atoms with E-state index in [1.54, 1.807) is 19.9 Å². The minimum absolute atomic E-state index is 0.131. The number of carbonyl (C=O) groups excluding carboxylic acids is 1. The van der Waals surface area contributed by atoms with Crippen LogP contribution in [0.3, 0.4) is 0 Å². The van der Waals surface area contributed by atoms with Crippen LogP contribution in [0.4, 0.5) is 0 Å². The Labute approximate surface area is 107 Å². The summed E-state index contributed by atoms with van der Waals surface area (Å²) in [4.78, 5) is 16.4. The van der Waals surface area contributed by atoms with Crippen molar-refractivity contribution >= 4 is 28.9 Å². The summed E-state index contributed by atoms with van der Waals surface area (Å²) < 4.78 is 10.3. The molecule has 2 heterocycles. The lowest BCUT2D eigenvalue weighted by Gasteiger charge is -1.97. The first-order valence-corrected chi connectivity index (χ1v) is 6.27. The molecule has 2 rings (SSSR count). The zero-order chi connectivity index (χ0) is 12.4. The van der Waals surface area contributed by atoms with Gasteiger partial charge >= 0.3 is 5.97 Å². The van der Waals surface area contributed by atoms with Gasteiger partial charge in [0.2, 0.25) is 11.7 Å². The van der Waals surface area contributed by atoms with Crippen molar-refractivity contribution in [3.63, 3.8) is 0 Å². The molecule has 0 aliphatic heterocycles. The van der Waals surface area contributed by atoms with E-state index >= 15 is 0 Å². The van der Waals surface area contributed by atoms with Gasteiger partial charge in [-0.05, 0) is 25.3 Å². The van der Waals surface area contributed by atoms with E-state index in [9.17, 15) is 4.79 Å². The Bertz CT molecular complexity index is 547. The first-order valence-electron chi connectivity index (χ1n) is 5.01. The van der Waals surface area contributed by atoms with E-state index in [2.05, 4.69) is 4.98 Å². The Hall–Kier alpha value is -1.33. The Morgan fingerprint density at radius 1 is 1.65 bits per heavy atom. The molecule has 90 valence electrons. The first kappa shape index (κ1) is 12.1. The number of aromatic nitrogens is 1. The van der Waals surface area contributed by atoms with Gasteiger partial charge in [0.15, 0.2) is 0 Å². The lowest BCUT2D eigenvalue weighted by molar-refractivity contribution is 0.0490. The van der Waals surface area contributed by atoms with Crippen LogP contribution in [0.2, 0.25) is 5.02 Å². The number of carbonyl (C=O) groups is 1. The fraction of sp³-hybridized carbons (Fsp3) is 0.273. The second-order valence-electron chi connectivity index (χ2n) is 3.25. The second-order valence-corrected chi connectivity index (χ2v) is 4.58. The van der Waals surface area contributed by atoms with Gasteiger partial charge in [0.1, 0.15) is 4.88 Å². The number of hydrogen-bond acceptors (Lipinski definition) is 5. The normalized spacial score (nSPS) is 10.5. The summed E-state index contributed by atoms with van der Waals surface area (Å²) in [6, 6.07) is 1.76. The Morgan fingerprint density at radius 2 is 2.41 bits per heavy atom. The molecule has 0 radical (unpaired) electrons. The lowest BCUT2D eigenvalue weighted by Crippen LogP contribution is -2.04. The molecule has 6 heteroatoms. The molecule has 0 bridgehead atoms. The smallest absolute Gasteiger partial charge is 0.376 e. The summed E-state index contributed by atoms with van der Waals surface area (Å²) in [6.07, 6.45) is 0. The Balaban J connectivity index is 2.37.